The number of non-ortho nitro benzene ring substituents is 1. The molecular weight excluding hydrogens is 208 g/mol. The molecule has 0 aromatic heterocycles. The lowest BCUT2D eigenvalue weighted by molar-refractivity contribution is -0.384. The van der Waals surface area contributed by atoms with Crippen LogP contribution in [-0.2, 0) is 0 Å². The van der Waals surface area contributed by atoms with Crippen molar-refractivity contribution in [1.29, 1.82) is 5.26 Å². The summed E-state index contributed by atoms with van der Waals surface area (Å²) in [6.07, 6.45) is 2.59. The highest BCUT2D eigenvalue weighted by Gasteiger charge is 2.02. The van der Waals surface area contributed by atoms with Gasteiger partial charge >= 0.3 is 0 Å². The molecule has 0 aliphatic heterocycles. The second kappa shape index (κ2) is 6.14. The Morgan fingerprint density at radius 2 is 2.19 bits per heavy atom. The van der Waals surface area contributed by atoms with E-state index in [1.54, 1.807) is 18.3 Å². The lowest BCUT2D eigenvalue weighted by Gasteiger charge is -1.98. The lowest BCUT2D eigenvalue weighted by Crippen LogP contribution is -1.91. The van der Waals surface area contributed by atoms with Crippen LogP contribution in [-0.4, -0.2) is 11.1 Å². The summed E-state index contributed by atoms with van der Waals surface area (Å²) in [5.41, 5.74) is 3.41. The molecule has 0 heterocycles. The van der Waals surface area contributed by atoms with Crippen LogP contribution in [0.2, 0.25) is 0 Å². The molecule has 1 rings (SSSR count). The maximum atomic E-state index is 10.4. The first kappa shape index (κ1) is 11.7. The predicted octanol–water partition coefficient (Wildman–Crippen LogP) is 2.30. The van der Waals surface area contributed by atoms with E-state index in [0.717, 1.165) is 0 Å². The Balaban J connectivity index is 2.47. The molecule has 0 fully saturated rings. The van der Waals surface area contributed by atoms with E-state index in [2.05, 4.69) is 10.5 Å². The first-order valence-electron chi connectivity index (χ1n) is 4.63. The van der Waals surface area contributed by atoms with Crippen LogP contribution in [0.15, 0.2) is 29.4 Å². The summed E-state index contributed by atoms with van der Waals surface area (Å²) in [5.74, 6) is 0. The number of nitrogens with zero attached hydrogens (tertiary/aromatic N) is 3. The second-order valence-corrected chi connectivity index (χ2v) is 2.92. The Labute approximate surface area is 92.4 Å². The normalized spacial score (nSPS) is 9.94. The van der Waals surface area contributed by atoms with Crippen LogP contribution in [0.25, 0.3) is 0 Å². The largest absolute Gasteiger partial charge is 0.279 e. The summed E-state index contributed by atoms with van der Waals surface area (Å²) in [6.45, 7) is 0. The van der Waals surface area contributed by atoms with Crippen molar-refractivity contribution in [2.24, 2.45) is 5.10 Å². The van der Waals surface area contributed by atoms with Gasteiger partial charge in [-0.05, 0) is 18.6 Å². The predicted molar refractivity (Wildman–Crippen MR) is 60.1 cm³/mol. The number of benzene rings is 1. The molecule has 0 bridgehead atoms. The van der Waals surface area contributed by atoms with E-state index in [1.807, 2.05) is 6.07 Å². The highest BCUT2D eigenvalue weighted by molar-refractivity contribution is 5.60. The van der Waals surface area contributed by atoms with Crippen molar-refractivity contribution >= 4 is 17.6 Å². The zero-order chi connectivity index (χ0) is 11.8. The molecule has 16 heavy (non-hydrogen) atoms. The molecular formula is C10H10N4O2. The molecule has 0 aliphatic carbocycles. The first-order valence-corrected chi connectivity index (χ1v) is 4.63. The van der Waals surface area contributed by atoms with Crippen LogP contribution in [0.1, 0.15) is 12.8 Å². The van der Waals surface area contributed by atoms with Crippen molar-refractivity contribution in [2.45, 2.75) is 12.8 Å². The molecule has 0 atom stereocenters. The summed E-state index contributed by atoms with van der Waals surface area (Å²) in [5, 5.41) is 22.5. The SMILES string of the molecule is N#CCCC=NNc1ccc([N+](=O)[O-])cc1. The maximum absolute atomic E-state index is 10.4. The van der Waals surface area contributed by atoms with Gasteiger partial charge in [0.1, 0.15) is 0 Å². The van der Waals surface area contributed by atoms with Gasteiger partial charge in [-0.15, -0.1) is 0 Å². The fourth-order valence-corrected chi connectivity index (χ4v) is 0.972. The van der Waals surface area contributed by atoms with E-state index in [9.17, 15) is 10.1 Å². The van der Waals surface area contributed by atoms with E-state index in [-0.39, 0.29) is 5.69 Å². The Kier molecular flexibility index (Phi) is 4.47. The number of nitrogens with one attached hydrogen (secondary N) is 1. The molecule has 0 saturated heterocycles. The average molecular weight is 218 g/mol. The van der Waals surface area contributed by atoms with Crippen LogP contribution < -0.4 is 5.43 Å². The number of nitro groups is 1. The molecule has 6 nitrogen and oxygen atoms in total. The molecule has 0 aliphatic rings. The second-order valence-electron chi connectivity index (χ2n) is 2.92. The standard InChI is InChI=1S/C10H10N4O2/c11-7-1-2-8-12-13-9-3-5-10(6-4-9)14(15)16/h3-6,8,13H,1-2H2. The van der Waals surface area contributed by atoms with Gasteiger partial charge < -0.3 is 0 Å². The molecule has 0 spiro atoms. The van der Waals surface area contributed by atoms with Crippen LogP contribution in [0.3, 0.4) is 0 Å². The van der Waals surface area contributed by atoms with Gasteiger partial charge in [-0.2, -0.15) is 10.4 Å². The van der Waals surface area contributed by atoms with Crippen LogP contribution in [0.4, 0.5) is 11.4 Å². The van der Waals surface area contributed by atoms with E-state index < -0.39 is 4.92 Å². The van der Waals surface area contributed by atoms with Gasteiger partial charge in [0.2, 0.25) is 0 Å². The monoisotopic (exact) mass is 218 g/mol. The third-order valence-electron chi connectivity index (χ3n) is 1.75. The van der Waals surface area contributed by atoms with Crippen molar-refractivity contribution in [1.82, 2.24) is 0 Å². The summed E-state index contributed by atoms with van der Waals surface area (Å²) >= 11 is 0. The van der Waals surface area contributed by atoms with E-state index in [4.69, 9.17) is 5.26 Å². The minimum Gasteiger partial charge on any atom is -0.279 e. The number of anilines is 1. The van der Waals surface area contributed by atoms with E-state index in [1.165, 1.54) is 12.1 Å². The molecule has 1 aromatic rings. The van der Waals surface area contributed by atoms with Crippen molar-refractivity contribution < 1.29 is 4.92 Å². The zero-order valence-electron chi connectivity index (χ0n) is 8.46. The molecule has 1 N–H and O–H groups in total. The molecule has 0 amide bonds. The molecule has 0 unspecified atom stereocenters. The average Bonchev–Trinajstić information content (AvgIpc) is 2.29. The van der Waals surface area contributed by atoms with E-state index >= 15 is 0 Å². The van der Waals surface area contributed by atoms with Crippen molar-refractivity contribution in [3.05, 3.63) is 34.4 Å². The fraction of sp³-hybridized carbons (Fsp3) is 0.200. The van der Waals surface area contributed by atoms with Gasteiger partial charge in [-0.1, -0.05) is 0 Å². The van der Waals surface area contributed by atoms with Gasteiger partial charge in [-0.25, -0.2) is 0 Å². The molecule has 1 aromatic carbocycles. The number of hydrazone groups is 1. The first-order chi connectivity index (χ1) is 7.74. The minimum absolute atomic E-state index is 0.0408. The van der Waals surface area contributed by atoms with E-state index in [0.29, 0.717) is 18.5 Å². The van der Waals surface area contributed by atoms with Gasteiger partial charge in [0.05, 0.1) is 16.7 Å². The Morgan fingerprint density at radius 1 is 1.50 bits per heavy atom. The Hall–Kier alpha value is -2.42. The van der Waals surface area contributed by atoms with Gasteiger partial charge in [0.15, 0.2) is 0 Å². The highest BCUT2D eigenvalue weighted by Crippen LogP contribution is 2.14. The van der Waals surface area contributed by atoms with Crippen molar-refractivity contribution in [2.75, 3.05) is 5.43 Å². The quantitative estimate of drug-likeness (QED) is 0.355. The molecule has 0 saturated carbocycles. The fourth-order valence-electron chi connectivity index (χ4n) is 0.972. The molecule has 6 heteroatoms. The smallest absolute Gasteiger partial charge is 0.269 e. The number of rotatable bonds is 5. The third-order valence-corrected chi connectivity index (χ3v) is 1.75. The van der Waals surface area contributed by atoms with Gasteiger partial charge in [0, 0.05) is 24.8 Å². The molecule has 0 radical (unpaired) electrons. The number of nitro benzene ring substituents is 1. The van der Waals surface area contributed by atoms with Crippen molar-refractivity contribution in [3.8, 4) is 6.07 Å². The Morgan fingerprint density at radius 3 is 2.75 bits per heavy atom. The number of unbranched alkanes of at least 4 members (excludes halogenated alkanes) is 1. The number of hydrogen-bond acceptors (Lipinski definition) is 5. The summed E-state index contributed by atoms with van der Waals surface area (Å²) in [6, 6.07) is 7.92. The van der Waals surface area contributed by atoms with Crippen LogP contribution in [0.5, 0.6) is 0 Å². The summed E-state index contributed by atoms with van der Waals surface area (Å²) < 4.78 is 0. The summed E-state index contributed by atoms with van der Waals surface area (Å²) in [4.78, 5) is 9.91. The van der Waals surface area contributed by atoms with Gasteiger partial charge in [0.25, 0.3) is 5.69 Å². The Bertz CT molecular complexity index is 419. The van der Waals surface area contributed by atoms with Crippen molar-refractivity contribution in [3.63, 3.8) is 0 Å². The number of nitriles is 1. The minimum atomic E-state index is -0.458. The van der Waals surface area contributed by atoms with Crippen LogP contribution >= 0.6 is 0 Å². The third kappa shape index (κ3) is 3.75. The zero-order valence-corrected chi connectivity index (χ0v) is 8.46. The maximum Gasteiger partial charge on any atom is 0.269 e. The summed E-state index contributed by atoms with van der Waals surface area (Å²) in [7, 11) is 0. The lowest BCUT2D eigenvalue weighted by atomic mass is 10.3. The topological polar surface area (TPSA) is 91.3 Å². The van der Waals surface area contributed by atoms with Crippen LogP contribution in [0, 0.1) is 21.4 Å². The van der Waals surface area contributed by atoms with Gasteiger partial charge in [-0.3, -0.25) is 15.5 Å². The molecule has 82 valence electrons. The highest BCUT2D eigenvalue weighted by atomic mass is 16.6. The number of hydrogen-bond donors (Lipinski definition) is 1.